The van der Waals surface area contributed by atoms with E-state index in [9.17, 15) is 4.79 Å². The van der Waals surface area contributed by atoms with Gasteiger partial charge in [0.1, 0.15) is 0 Å². The zero-order chi connectivity index (χ0) is 11.8. The summed E-state index contributed by atoms with van der Waals surface area (Å²) in [7, 11) is 0. The van der Waals surface area contributed by atoms with E-state index in [2.05, 4.69) is 10.6 Å². The largest absolute Gasteiger partial charge is 0.396 e. The molecule has 0 saturated carbocycles. The van der Waals surface area contributed by atoms with Crippen LogP contribution in [0.5, 0.6) is 0 Å². The van der Waals surface area contributed by atoms with Crippen LogP contribution in [0, 0.1) is 6.92 Å². The summed E-state index contributed by atoms with van der Waals surface area (Å²) < 4.78 is 0. The van der Waals surface area contributed by atoms with E-state index in [0.29, 0.717) is 13.0 Å². The second kappa shape index (κ2) is 6.98. The summed E-state index contributed by atoms with van der Waals surface area (Å²) in [6.07, 6.45) is 0.664. The minimum absolute atomic E-state index is 0.0678. The van der Waals surface area contributed by atoms with Crippen molar-refractivity contribution in [3.8, 4) is 0 Å². The van der Waals surface area contributed by atoms with Crippen molar-refractivity contribution >= 4 is 11.6 Å². The van der Waals surface area contributed by atoms with E-state index in [1.54, 1.807) is 0 Å². The number of amides is 1. The molecular weight excluding hydrogens is 204 g/mol. The number of hydrogen-bond donors (Lipinski definition) is 3. The molecule has 0 radical (unpaired) electrons. The highest BCUT2D eigenvalue weighted by molar-refractivity contribution is 5.92. The molecule has 0 unspecified atom stereocenters. The molecule has 1 aromatic rings. The molecule has 4 nitrogen and oxygen atoms in total. The molecule has 1 aromatic carbocycles. The lowest BCUT2D eigenvalue weighted by Crippen LogP contribution is -2.29. The second-order valence-corrected chi connectivity index (χ2v) is 3.67. The smallest absolute Gasteiger partial charge is 0.238 e. The van der Waals surface area contributed by atoms with Crippen molar-refractivity contribution in [1.29, 1.82) is 0 Å². The average Bonchev–Trinajstić information content (AvgIpc) is 2.28. The molecule has 4 heteroatoms. The van der Waals surface area contributed by atoms with Crippen LogP contribution in [0.2, 0.25) is 0 Å². The third-order valence-electron chi connectivity index (χ3n) is 2.13. The van der Waals surface area contributed by atoms with Crippen LogP contribution in [0.4, 0.5) is 5.69 Å². The first-order valence-electron chi connectivity index (χ1n) is 5.40. The molecule has 0 atom stereocenters. The molecule has 0 bridgehead atoms. The molecule has 0 spiro atoms. The molecular formula is C12H18N2O2. The van der Waals surface area contributed by atoms with Crippen LogP contribution in [0.3, 0.4) is 0 Å². The lowest BCUT2D eigenvalue weighted by molar-refractivity contribution is -0.115. The summed E-state index contributed by atoms with van der Waals surface area (Å²) in [5.41, 5.74) is 1.97. The summed E-state index contributed by atoms with van der Waals surface area (Å²) >= 11 is 0. The first-order chi connectivity index (χ1) is 7.72. The average molecular weight is 222 g/mol. The molecule has 1 amide bonds. The van der Waals surface area contributed by atoms with Crippen molar-refractivity contribution in [2.45, 2.75) is 13.3 Å². The molecule has 0 aliphatic rings. The Labute approximate surface area is 95.7 Å². The summed E-state index contributed by atoms with van der Waals surface area (Å²) in [4.78, 5) is 11.4. The third-order valence-corrected chi connectivity index (χ3v) is 2.13. The Morgan fingerprint density at radius 3 is 2.62 bits per heavy atom. The predicted molar refractivity (Wildman–Crippen MR) is 64.4 cm³/mol. The van der Waals surface area contributed by atoms with Crippen molar-refractivity contribution < 1.29 is 9.90 Å². The number of carbonyl (C=O) groups excluding carboxylic acids is 1. The zero-order valence-electron chi connectivity index (χ0n) is 9.49. The summed E-state index contributed by atoms with van der Waals surface area (Å²) in [6.45, 7) is 3.07. The van der Waals surface area contributed by atoms with Crippen molar-refractivity contribution in [3.63, 3.8) is 0 Å². The summed E-state index contributed by atoms with van der Waals surface area (Å²) in [5.74, 6) is -0.0678. The molecule has 0 aromatic heterocycles. The summed E-state index contributed by atoms with van der Waals surface area (Å²) in [6, 6.07) is 7.66. The van der Waals surface area contributed by atoms with Crippen molar-refractivity contribution in [3.05, 3.63) is 29.8 Å². The maximum absolute atomic E-state index is 11.4. The predicted octanol–water partition coefficient (Wildman–Crippen LogP) is 0.906. The van der Waals surface area contributed by atoms with Crippen LogP contribution in [0.25, 0.3) is 0 Å². The van der Waals surface area contributed by atoms with Gasteiger partial charge in [-0.3, -0.25) is 4.79 Å². The van der Waals surface area contributed by atoms with E-state index >= 15 is 0 Å². The Kier molecular flexibility index (Phi) is 5.53. The van der Waals surface area contributed by atoms with Crippen molar-refractivity contribution in [1.82, 2.24) is 5.32 Å². The number of aryl methyl sites for hydroxylation is 1. The number of nitrogens with one attached hydrogen (secondary N) is 2. The Bertz CT molecular complexity index is 322. The minimum atomic E-state index is -0.0678. The highest BCUT2D eigenvalue weighted by Gasteiger charge is 2.00. The highest BCUT2D eigenvalue weighted by Crippen LogP contribution is 2.07. The summed E-state index contributed by atoms with van der Waals surface area (Å²) in [5, 5.41) is 14.3. The van der Waals surface area contributed by atoms with Crippen molar-refractivity contribution in [2.75, 3.05) is 25.0 Å². The van der Waals surface area contributed by atoms with Crippen molar-refractivity contribution in [2.24, 2.45) is 0 Å². The van der Waals surface area contributed by atoms with Gasteiger partial charge in [0, 0.05) is 12.3 Å². The number of carbonyl (C=O) groups is 1. The van der Waals surface area contributed by atoms with E-state index in [0.717, 1.165) is 5.69 Å². The molecule has 1 rings (SSSR count). The zero-order valence-corrected chi connectivity index (χ0v) is 9.49. The number of hydrogen-bond acceptors (Lipinski definition) is 3. The topological polar surface area (TPSA) is 61.4 Å². The van der Waals surface area contributed by atoms with Crippen LogP contribution >= 0.6 is 0 Å². The van der Waals surface area contributed by atoms with Gasteiger partial charge in [0.05, 0.1) is 6.54 Å². The Hall–Kier alpha value is -1.39. The van der Waals surface area contributed by atoms with Gasteiger partial charge < -0.3 is 15.7 Å². The third kappa shape index (κ3) is 4.91. The number of aliphatic hydroxyl groups is 1. The van der Waals surface area contributed by atoms with Crippen LogP contribution in [-0.4, -0.2) is 30.7 Å². The first-order valence-corrected chi connectivity index (χ1v) is 5.40. The van der Waals surface area contributed by atoms with E-state index < -0.39 is 0 Å². The number of aliphatic hydroxyl groups excluding tert-OH is 1. The van der Waals surface area contributed by atoms with E-state index in [1.165, 1.54) is 5.56 Å². The van der Waals surface area contributed by atoms with E-state index in [4.69, 9.17) is 5.11 Å². The lowest BCUT2D eigenvalue weighted by Gasteiger charge is -2.06. The lowest BCUT2D eigenvalue weighted by atomic mass is 10.2. The van der Waals surface area contributed by atoms with Crippen LogP contribution in [-0.2, 0) is 4.79 Å². The SMILES string of the molecule is Cc1ccc(NC(=O)CNCCCO)cc1. The van der Waals surface area contributed by atoms with E-state index in [-0.39, 0.29) is 19.1 Å². The standard InChI is InChI=1S/C12H18N2O2/c1-10-3-5-11(6-4-10)14-12(16)9-13-7-2-8-15/h3-6,13,15H,2,7-9H2,1H3,(H,14,16). The maximum Gasteiger partial charge on any atom is 0.238 e. The Morgan fingerprint density at radius 2 is 2.00 bits per heavy atom. The monoisotopic (exact) mass is 222 g/mol. The number of rotatable bonds is 6. The fourth-order valence-corrected chi connectivity index (χ4v) is 1.25. The highest BCUT2D eigenvalue weighted by atomic mass is 16.3. The molecule has 0 saturated heterocycles. The van der Waals surface area contributed by atoms with Gasteiger partial charge in [-0.15, -0.1) is 0 Å². The first kappa shape index (κ1) is 12.7. The maximum atomic E-state index is 11.4. The van der Waals surface area contributed by atoms with Gasteiger partial charge in [-0.05, 0) is 32.0 Å². The van der Waals surface area contributed by atoms with Gasteiger partial charge in [0.15, 0.2) is 0 Å². The minimum Gasteiger partial charge on any atom is -0.396 e. The van der Waals surface area contributed by atoms with Gasteiger partial charge in [-0.2, -0.15) is 0 Å². The Balaban J connectivity index is 2.26. The van der Waals surface area contributed by atoms with Gasteiger partial charge >= 0.3 is 0 Å². The number of anilines is 1. The van der Waals surface area contributed by atoms with Crippen LogP contribution in [0.1, 0.15) is 12.0 Å². The number of benzene rings is 1. The van der Waals surface area contributed by atoms with E-state index in [1.807, 2.05) is 31.2 Å². The molecule has 0 aliphatic carbocycles. The normalized spacial score (nSPS) is 10.1. The molecule has 88 valence electrons. The molecule has 3 N–H and O–H groups in total. The fraction of sp³-hybridized carbons (Fsp3) is 0.417. The van der Waals surface area contributed by atoms with Crippen LogP contribution < -0.4 is 10.6 Å². The molecule has 0 heterocycles. The van der Waals surface area contributed by atoms with Gasteiger partial charge in [-0.25, -0.2) is 0 Å². The van der Waals surface area contributed by atoms with Crippen LogP contribution in [0.15, 0.2) is 24.3 Å². The quantitative estimate of drug-likeness (QED) is 0.627. The van der Waals surface area contributed by atoms with Gasteiger partial charge in [0.2, 0.25) is 5.91 Å². The molecule has 0 fully saturated rings. The molecule has 0 aliphatic heterocycles. The van der Waals surface area contributed by atoms with Gasteiger partial charge in [-0.1, -0.05) is 17.7 Å². The fourth-order valence-electron chi connectivity index (χ4n) is 1.25. The second-order valence-electron chi connectivity index (χ2n) is 3.67. The van der Waals surface area contributed by atoms with Gasteiger partial charge in [0.25, 0.3) is 0 Å². The molecule has 16 heavy (non-hydrogen) atoms. The Morgan fingerprint density at radius 1 is 1.31 bits per heavy atom.